The Bertz CT molecular complexity index is 1020. The van der Waals surface area contributed by atoms with Crippen LogP contribution in [0.25, 0.3) is 0 Å². The van der Waals surface area contributed by atoms with Crippen LogP contribution >= 0.6 is 0 Å². The van der Waals surface area contributed by atoms with Gasteiger partial charge in [0.1, 0.15) is 6.10 Å². The van der Waals surface area contributed by atoms with Gasteiger partial charge in [0.25, 0.3) is 0 Å². The Kier molecular flexibility index (Phi) is 48.5. The average molecular weight is 872 g/mol. The van der Waals surface area contributed by atoms with E-state index < -0.39 is 18.2 Å². The fourth-order valence-corrected chi connectivity index (χ4v) is 8.43. The van der Waals surface area contributed by atoms with Gasteiger partial charge in [-0.05, 0) is 44.9 Å². The van der Waals surface area contributed by atoms with Gasteiger partial charge in [-0.25, -0.2) is 0 Å². The summed E-state index contributed by atoms with van der Waals surface area (Å²) in [6.07, 6.45) is 59.2. The molecule has 0 saturated heterocycles. The molecule has 0 aliphatic rings. The lowest BCUT2D eigenvalue weighted by atomic mass is 10.0. The zero-order valence-electron chi connectivity index (χ0n) is 41.5. The molecule has 0 bridgehead atoms. The largest absolute Gasteiger partial charge is 0.462 e. The van der Waals surface area contributed by atoms with E-state index in [9.17, 15) is 19.8 Å². The first-order chi connectivity index (χ1) is 30.5. The Morgan fingerprint density at radius 3 is 1.31 bits per heavy atom. The normalized spacial score (nSPS) is 13.4. The predicted octanol–water partition coefficient (Wildman–Crippen LogP) is 16.5. The molecule has 0 aliphatic carbocycles. The Balaban J connectivity index is 4.56. The number of hydrogen-bond donors (Lipinski definition) is 3. The highest BCUT2D eigenvalue weighted by atomic mass is 16.5. The minimum Gasteiger partial charge on any atom is -0.462 e. The van der Waals surface area contributed by atoms with Crippen LogP contribution in [0.15, 0.2) is 36.5 Å². The van der Waals surface area contributed by atoms with Crippen molar-refractivity contribution in [3.63, 3.8) is 0 Å². The molecule has 0 fully saturated rings. The second kappa shape index (κ2) is 50.1. The average Bonchev–Trinajstić information content (AvgIpc) is 3.26. The number of carbonyl (C=O) groups is 2. The highest BCUT2D eigenvalue weighted by Gasteiger charge is 2.24. The Labute approximate surface area is 385 Å². The zero-order chi connectivity index (χ0) is 45.2. The fourth-order valence-electron chi connectivity index (χ4n) is 8.43. The molecule has 0 aromatic heterocycles. The minimum atomic E-state index is -0.788. The maximum atomic E-state index is 13.2. The topological polar surface area (TPSA) is 95.9 Å². The maximum Gasteiger partial charge on any atom is 0.306 e. The number of hydrogen-bond acceptors (Lipinski definition) is 5. The van der Waals surface area contributed by atoms with Crippen molar-refractivity contribution < 1.29 is 24.5 Å². The van der Waals surface area contributed by atoms with Gasteiger partial charge in [-0.3, -0.25) is 9.59 Å². The monoisotopic (exact) mass is 872 g/mol. The number of aliphatic hydroxyl groups is 2. The summed E-state index contributed by atoms with van der Waals surface area (Å²) in [5.41, 5.74) is 0. The molecule has 0 rings (SSSR count). The minimum absolute atomic E-state index is 0.0736. The molecule has 0 radical (unpaired) electrons. The van der Waals surface area contributed by atoms with Crippen LogP contribution in [0.3, 0.4) is 0 Å². The van der Waals surface area contributed by atoms with Crippen LogP contribution in [-0.2, 0) is 14.3 Å². The molecule has 3 atom stereocenters. The van der Waals surface area contributed by atoms with E-state index in [1.165, 1.54) is 167 Å². The van der Waals surface area contributed by atoms with E-state index >= 15 is 0 Å². The molecule has 0 saturated carbocycles. The molecule has 0 aromatic carbocycles. The lowest BCUT2D eigenvalue weighted by Gasteiger charge is -2.24. The van der Waals surface area contributed by atoms with Gasteiger partial charge in [0.2, 0.25) is 5.91 Å². The third-order valence-electron chi connectivity index (χ3n) is 12.5. The molecule has 62 heavy (non-hydrogen) atoms. The van der Waals surface area contributed by atoms with E-state index in [0.717, 1.165) is 70.6 Å². The number of aliphatic hydroxyl groups excluding tert-OH is 2. The molecule has 6 heteroatoms. The van der Waals surface area contributed by atoms with Gasteiger partial charge in [-0.1, -0.05) is 263 Å². The molecule has 0 heterocycles. The highest BCUT2D eigenvalue weighted by molar-refractivity contribution is 5.77. The van der Waals surface area contributed by atoms with Crippen LogP contribution in [-0.4, -0.2) is 46.9 Å². The van der Waals surface area contributed by atoms with Gasteiger partial charge in [0.05, 0.1) is 25.2 Å². The summed E-state index contributed by atoms with van der Waals surface area (Å²) in [7, 11) is 0. The van der Waals surface area contributed by atoms with Crippen molar-refractivity contribution in [3.05, 3.63) is 36.5 Å². The van der Waals surface area contributed by atoms with E-state index in [0.29, 0.717) is 19.3 Å². The Hall–Kier alpha value is -1.92. The van der Waals surface area contributed by atoms with E-state index in [-0.39, 0.29) is 24.9 Å². The summed E-state index contributed by atoms with van der Waals surface area (Å²) in [6, 6.07) is -0.702. The summed E-state index contributed by atoms with van der Waals surface area (Å²) in [5, 5.41) is 23.8. The van der Waals surface area contributed by atoms with Crippen molar-refractivity contribution in [3.8, 4) is 0 Å². The standard InChI is InChI=1S/C56H105NO5/c1-4-7-10-13-16-19-22-25-26-27-28-31-32-35-38-41-44-47-52(62-56(61)49-46-43-40-37-34-30-24-21-18-15-12-9-6-3)50-55(60)57-53(51-58)54(59)48-45-42-39-36-33-29-23-20-17-14-11-8-5-2/h9,12,15,18,21,24,52-54,58-59H,4-8,10-11,13-14,16-17,19-20,22-23,25-51H2,1-3H3,(H,57,60)/b12-9+,18-15+,24-21-. The van der Waals surface area contributed by atoms with Gasteiger partial charge in [-0.2, -0.15) is 0 Å². The first kappa shape index (κ1) is 60.1. The van der Waals surface area contributed by atoms with Crippen molar-refractivity contribution in [2.45, 2.75) is 302 Å². The number of ether oxygens (including phenoxy) is 1. The lowest BCUT2D eigenvalue weighted by molar-refractivity contribution is -0.151. The SMILES string of the molecule is CC/C=C/C=C/C=C\CCCCCCCC(=O)OC(CCCCCCCCCCCCCCCCCCC)CC(=O)NC(CO)C(O)CCCCCCCCCCCCCCC. The van der Waals surface area contributed by atoms with Crippen molar-refractivity contribution in [1.29, 1.82) is 0 Å². The highest BCUT2D eigenvalue weighted by Crippen LogP contribution is 2.19. The van der Waals surface area contributed by atoms with Gasteiger partial charge < -0.3 is 20.3 Å². The summed E-state index contributed by atoms with van der Waals surface area (Å²) in [4.78, 5) is 26.2. The van der Waals surface area contributed by atoms with Crippen LogP contribution in [0, 0.1) is 0 Å². The van der Waals surface area contributed by atoms with Crippen molar-refractivity contribution >= 4 is 11.9 Å². The second-order valence-corrected chi connectivity index (χ2v) is 18.7. The van der Waals surface area contributed by atoms with Gasteiger partial charge >= 0.3 is 5.97 Å². The molecule has 1 amide bonds. The number of nitrogens with one attached hydrogen (secondary N) is 1. The second-order valence-electron chi connectivity index (χ2n) is 18.7. The summed E-state index contributed by atoms with van der Waals surface area (Å²) in [5.74, 6) is -0.483. The van der Waals surface area contributed by atoms with Crippen LogP contribution in [0.2, 0.25) is 0 Å². The van der Waals surface area contributed by atoms with Gasteiger partial charge in [0, 0.05) is 6.42 Å². The lowest BCUT2D eigenvalue weighted by Crippen LogP contribution is -2.46. The molecular weight excluding hydrogens is 767 g/mol. The molecule has 3 unspecified atom stereocenters. The molecule has 3 N–H and O–H groups in total. The Morgan fingerprint density at radius 1 is 0.484 bits per heavy atom. The van der Waals surface area contributed by atoms with Crippen LogP contribution in [0.5, 0.6) is 0 Å². The molecule has 0 aliphatic heterocycles. The van der Waals surface area contributed by atoms with Crippen LogP contribution in [0.1, 0.15) is 284 Å². The summed E-state index contributed by atoms with van der Waals surface area (Å²) in [6.45, 7) is 6.37. The van der Waals surface area contributed by atoms with Crippen molar-refractivity contribution in [1.82, 2.24) is 5.32 Å². The van der Waals surface area contributed by atoms with Crippen molar-refractivity contribution in [2.24, 2.45) is 0 Å². The Morgan fingerprint density at radius 2 is 0.871 bits per heavy atom. The molecule has 364 valence electrons. The van der Waals surface area contributed by atoms with Crippen molar-refractivity contribution in [2.75, 3.05) is 6.61 Å². The smallest absolute Gasteiger partial charge is 0.306 e. The van der Waals surface area contributed by atoms with Gasteiger partial charge in [-0.15, -0.1) is 0 Å². The number of amides is 1. The summed E-state index contributed by atoms with van der Waals surface area (Å²) < 4.78 is 5.94. The van der Waals surface area contributed by atoms with E-state index in [4.69, 9.17) is 4.74 Å². The molecule has 0 spiro atoms. The maximum absolute atomic E-state index is 13.2. The zero-order valence-corrected chi connectivity index (χ0v) is 41.5. The fraction of sp³-hybridized carbons (Fsp3) is 0.857. The number of allylic oxidation sites excluding steroid dienone is 6. The van der Waals surface area contributed by atoms with Crippen LogP contribution in [0.4, 0.5) is 0 Å². The third kappa shape index (κ3) is 44.7. The van der Waals surface area contributed by atoms with E-state index in [1.54, 1.807) is 0 Å². The summed E-state index contributed by atoms with van der Waals surface area (Å²) >= 11 is 0. The first-order valence-electron chi connectivity index (χ1n) is 27.2. The van der Waals surface area contributed by atoms with Gasteiger partial charge in [0.15, 0.2) is 0 Å². The number of rotatable bonds is 49. The molecule has 6 nitrogen and oxygen atoms in total. The van der Waals surface area contributed by atoms with E-state index in [2.05, 4.69) is 62.5 Å². The molecular formula is C56H105NO5. The first-order valence-corrected chi connectivity index (χ1v) is 27.2. The third-order valence-corrected chi connectivity index (χ3v) is 12.5. The van der Waals surface area contributed by atoms with E-state index in [1.807, 2.05) is 0 Å². The molecule has 0 aromatic rings. The van der Waals surface area contributed by atoms with Crippen LogP contribution < -0.4 is 5.32 Å². The predicted molar refractivity (Wildman–Crippen MR) is 269 cm³/mol. The number of carbonyl (C=O) groups excluding carboxylic acids is 2. The quantitative estimate of drug-likeness (QED) is 0.0321. The number of unbranched alkanes of at least 4 members (excludes halogenated alkanes) is 33. The number of esters is 1.